The Labute approximate surface area is 69.1 Å². The lowest BCUT2D eigenvalue weighted by molar-refractivity contribution is 0.117. The van der Waals surface area contributed by atoms with Crippen LogP contribution < -0.4 is 0 Å². The van der Waals surface area contributed by atoms with Gasteiger partial charge in [-0.05, 0) is 31.6 Å². The zero-order chi connectivity index (χ0) is 8.48. The van der Waals surface area contributed by atoms with E-state index in [1.807, 2.05) is 0 Å². The van der Waals surface area contributed by atoms with Crippen molar-refractivity contribution in [2.45, 2.75) is 46.1 Å². The smallest absolute Gasteiger partial charge is 0.0577 e. The molecule has 0 unspecified atom stereocenters. The highest BCUT2D eigenvalue weighted by atomic mass is 16.3. The van der Waals surface area contributed by atoms with E-state index in [1.165, 1.54) is 5.57 Å². The van der Waals surface area contributed by atoms with E-state index in [1.54, 1.807) is 0 Å². The molecule has 0 aromatic heterocycles. The van der Waals surface area contributed by atoms with E-state index >= 15 is 0 Å². The van der Waals surface area contributed by atoms with E-state index in [9.17, 15) is 5.11 Å². The number of aliphatic hydroxyl groups is 1. The maximum absolute atomic E-state index is 9.40. The monoisotopic (exact) mass is 154 g/mol. The first-order valence-corrected chi connectivity index (χ1v) is 4.40. The molecule has 0 radical (unpaired) electrons. The standard InChI is InChI=1S/C10H18O/c1-4-8-7-9(11)5-6-10(8,2)3/h4,9,11H,5-7H2,1-3H3/b8-4-/t9-/m0/s1. The van der Waals surface area contributed by atoms with Gasteiger partial charge < -0.3 is 5.11 Å². The first kappa shape index (κ1) is 8.79. The quantitative estimate of drug-likeness (QED) is 0.531. The summed E-state index contributed by atoms with van der Waals surface area (Å²) in [6.07, 6.45) is 5.03. The van der Waals surface area contributed by atoms with E-state index in [-0.39, 0.29) is 6.10 Å². The lowest BCUT2D eigenvalue weighted by Gasteiger charge is -2.35. The van der Waals surface area contributed by atoms with E-state index in [0.29, 0.717) is 5.41 Å². The van der Waals surface area contributed by atoms with Crippen LogP contribution in [0.2, 0.25) is 0 Å². The molecule has 1 aliphatic carbocycles. The van der Waals surface area contributed by atoms with Gasteiger partial charge in [-0.2, -0.15) is 0 Å². The van der Waals surface area contributed by atoms with Crippen LogP contribution in [0.25, 0.3) is 0 Å². The maximum atomic E-state index is 9.40. The first-order valence-electron chi connectivity index (χ1n) is 4.40. The third kappa shape index (κ3) is 1.84. The number of allylic oxidation sites excluding steroid dienone is 1. The summed E-state index contributed by atoms with van der Waals surface area (Å²) in [6, 6.07) is 0. The Bertz CT molecular complexity index is 168. The molecule has 1 atom stereocenters. The largest absolute Gasteiger partial charge is 0.393 e. The fourth-order valence-electron chi connectivity index (χ4n) is 1.83. The second-order valence-electron chi connectivity index (χ2n) is 4.09. The molecule has 0 aromatic carbocycles. The Hall–Kier alpha value is -0.300. The van der Waals surface area contributed by atoms with Gasteiger partial charge in [-0.25, -0.2) is 0 Å². The second kappa shape index (κ2) is 2.98. The Morgan fingerprint density at radius 3 is 2.64 bits per heavy atom. The normalized spacial score (nSPS) is 34.2. The Morgan fingerprint density at radius 2 is 2.18 bits per heavy atom. The van der Waals surface area contributed by atoms with Gasteiger partial charge in [0.15, 0.2) is 0 Å². The molecular weight excluding hydrogens is 136 g/mol. The van der Waals surface area contributed by atoms with Crippen LogP contribution in [0.3, 0.4) is 0 Å². The van der Waals surface area contributed by atoms with Gasteiger partial charge in [-0.15, -0.1) is 0 Å². The summed E-state index contributed by atoms with van der Waals surface area (Å²) < 4.78 is 0. The van der Waals surface area contributed by atoms with Gasteiger partial charge in [0.25, 0.3) is 0 Å². The minimum Gasteiger partial charge on any atom is -0.393 e. The fourth-order valence-corrected chi connectivity index (χ4v) is 1.83. The highest BCUT2D eigenvalue weighted by Crippen LogP contribution is 2.39. The summed E-state index contributed by atoms with van der Waals surface area (Å²) >= 11 is 0. The Morgan fingerprint density at radius 1 is 1.55 bits per heavy atom. The molecule has 0 saturated heterocycles. The minimum atomic E-state index is -0.0887. The van der Waals surface area contributed by atoms with Gasteiger partial charge in [0, 0.05) is 0 Å². The fraction of sp³-hybridized carbons (Fsp3) is 0.800. The molecule has 0 aromatic rings. The van der Waals surface area contributed by atoms with Crippen molar-refractivity contribution in [1.29, 1.82) is 0 Å². The van der Waals surface area contributed by atoms with Crippen molar-refractivity contribution in [1.82, 2.24) is 0 Å². The van der Waals surface area contributed by atoms with Crippen LogP contribution in [-0.2, 0) is 0 Å². The minimum absolute atomic E-state index is 0.0887. The Balaban J connectivity index is 2.72. The predicted molar refractivity (Wildman–Crippen MR) is 47.4 cm³/mol. The average Bonchev–Trinajstić information content (AvgIpc) is 1.94. The van der Waals surface area contributed by atoms with Crippen molar-refractivity contribution >= 4 is 0 Å². The molecule has 1 aliphatic rings. The average molecular weight is 154 g/mol. The van der Waals surface area contributed by atoms with E-state index in [0.717, 1.165) is 19.3 Å². The van der Waals surface area contributed by atoms with E-state index in [4.69, 9.17) is 0 Å². The first-order chi connectivity index (χ1) is 5.06. The molecule has 1 fully saturated rings. The molecule has 1 heteroatoms. The summed E-state index contributed by atoms with van der Waals surface area (Å²) in [5.74, 6) is 0. The van der Waals surface area contributed by atoms with Gasteiger partial charge in [-0.3, -0.25) is 0 Å². The van der Waals surface area contributed by atoms with E-state index in [2.05, 4.69) is 26.8 Å². The number of rotatable bonds is 0. The summed E-state index contributed by atoms with van der Waals surface area (Å²) in [4.78, 5) is 0. The van der Waals surface area contributed by atoms with Crippen LogP contribution in [0.1, 0.15) is 40.0 Å². The highest BCUT2D eigenvalue weighted by Gasteiger charge is 2.29. The third-order valence-corrected chi connectivity index (χ3v) is 2.78. The molecule has 1 N–H and O–H groups in total. The van der Waals surface area contributed by atoms with Crippen LogP contribution in [0.4, 0.5) is 0 Å². The molecule has 1 rings (SSSR count). The molecule has 11 heavy (non-hydrogen) atoms. The van der Waals surface area contributed by atoms with Crippen LogP contribution in [0, 0.1) is 5.41 Å². The lowest BCUT2D eigenvalue weighted by atomic mass is 9.72. The van der Waals surface area contributed by atoms with Gasteiger partial charge in [0.2, 0.25) is 0 Å². The van der Waals surface area contributed by atoms with Crippen molar-refractivity contribution in [3.05, 3.63) is 11.6 Å². The predicted octanol–water partition coefficient (Wildman–Crippen LogP) is 2.50. The van der Waals surface area contributed by atoms with Gasteiger partial charge in [0.1, 0.15) is 0 Å². The van der Waals surface area contributed by atoms with Crippen molar-refractivity contribution in [3.63, 3.8) is 0 Å². The zero-order valence-electron chi connectivity index (χ0n) is 7.72. The number of hydrogen-bond donors (Lipinski definition) is 1. The maximum Gasteiger partial charge on any atom is 0.0577 e. The highest BCUT2D eigenvalue weighted by molar-refractivity contribution is 5.14. The lowest BCUT2D eigenvalue weighted by Crippen LogP contribution is -2.26. The van der Waals surface area contributed by atoms with Crippen molar-refractivity contribution in [2.75, 3.05) is 0 Å². The van der Waals surface area contributed by atoms with Crippen LogP contribution in [0.5, 0.6) is 0 Å². The second-order valence-corrected chi connectivity index (χ2v) is 4.09. The van der Waals surface area contributed by atoms with Crippen LogP contribution >= 0.6 is 0 Å². The molecule has 0 aliphatic heterocycles. The summed E-state index contributed by atoms with van der Waals surface area (Å²) in [5.41, 5.74) is 1.74. The van der Waals surface area contributed by atoms with Crippen LogP contribution in [0.15, 0.2) is 11.6 Å². The van der Waals surface area contributed by atoms with Crippen molar-refractivity contribution in [3.8, 4) is 0 Å². The molecule has 0 amide bonds. The molecular formula is C10H18O. The summed E-state index contributed by atoms with van der Waals surface area (Å²) in [5, 5.41) is 9.40. The third-order valence-electron chi connectivity index (χ3n) is 2.78. The molecule has 0 spiro atoms. The van der Waals surface area contributed by atoms with E-state index < -0.39 is 0 Å². The number of hydrogen-bond acceptors (Lipinski definition) is 1. The zero-order valence-corrected chi connectivity index (χ0v) is 7.72. The SMILES string of the molecule is C/C=C1/C[C@@H](O)CCC1(C)C. The molecule has 1 nitrogen and oxygen atoms in total. The topological polar surface area (TPSA) is 20.2 Å². The summed E-state index contributed by atoms with van der Waals surface area (Å²) in [7, 11) is 0. The Kier molecular flexibility index (Phi) is 2.38. The van der Waals surface area contributed by atoms with Crippen LogP contribution in [-0.4, -0.2) is 11.2 Å². The summed E-state index contributed by atoms with van der Waals surface area (Å²) in [6.45, 7) is 6.58. The van der Waals surface area contributed by atoms with Crippen molar-refractivity contribution < 1.29 is 5.11 Å². The molecule has 0 bridgehead atoms. The number of aliphatic hydroxyl groups excluding tert-OH is 1. The van der Waals surface area contributed by atoms with Gasteiger partial charge in [0.05, 0.1) is 6.10 Å². The van der Waals surface area contributed by atoms with Gasteiger partial charge in [-0.1, -0.05) is 25.5 Å². The molecule has 0 heterocycles. The van der Waals surface area contributed by atoms with Gasteiger partial charge >= 0.3 is 0 Å². The molecule has 1 saturated carbocycles. The molecule has 64 valence electrons. The van der Waals surface area contributed by atoms with Crippen molar-refractivity contribution in [2.24, 2.45) is 5.41 Å².